The first-order valence-electron chi connectivity index (χ1n) is 11.9. The van der Waals surface area contributed by atoms with Crippen molar-refractivity contribution < 1.29 is 46.8 Å². The lowest BCUT2D eigenvalue weighted by Gasteiger charge is -2.21. The van der Waals surface area contributed by atoms with Crippen LogP contribution in [0.5, 0.6) is 5.75 Å². The van der Waals surface area contributed by atoms with Gasteiger partial charge in [0.05, 0.1) is 6.26 Å². The summed E-state index contributed by atoms with van der Waals surface area (Å²) in [5.41, 5.74) is 1.52. The molecule has 0 radical (unpaired) electrons. The predicted molar refractivity (Wildman–Crippen MR) is 141 cm³/mol. The Morgan fingerprint density at radius 1 is 0.974 bits per heavy atom. The molecular formula is C24H32N3O10PS. The molecule has 6 N–H and O–H groups in total. The van der Waals surface area contributed by atoms with E-state index in [4.69, 9.17) is 9.79 Å². The van der Waals surface area contributed by atoms with Crippen LogP contribution in [-0.2, 0) is 41.8 Å². The summed E-state index contributed by atoms with van der Waals surface area (Å²) < 4.78 is 41.2. The lowest BCUT2D eigenvalue weighted by molar-refractivity contribution is -0.142. The first kappa shape index (κ1) is 31.9. The van der Waals surface area contributed by atoms with Crippen molar-refractivity contribution in [1.29, 1.82) is 0 Å². The molecule has 214 valence electrons. The zero-order chi connectivity index (χ0) is 29.1. The quantitative estimate of drug-likeness (QED) is 0.120. The number of rotatable bonds is 16. The number of phosphoric ester groups is 1. The standard InChI is InChI=1S/C24H32N3O10PS/c1-39(35,36)27-21(16-18-9-11-19(12-10-18)37-38(32,33)34)23(29)26-20(24(30)31)13-14-22(28)25-15-5-8-17-6-3-2-4-7-17/h2-4,6-7,9-12,20-21,27H,5,8,13-16H2,1H3,(H,25,28)(H,26,29)(H,30,31)(H2,32,33,34). The van der Waals surface area contributed by atoms with Crippen molar-refractivity contribution >= 4 is 35.6 Å². The van der Waals surface area contributed by atoms with Gasteiger partial charge in [-0.2, -0.15) is 0 Å². The van der Waals surface area contributed by atoms with E-state index in [1.807, 2.05) is 30.3 Å². The molecule has 39 heavy (non-hydrogen) atoms. The number of hydrogen-bond donors (Lipinski definition) is 6. The Balaban J connectivity index is 1.94. The van der Waals surface area contributed by atoms with E-state index in [1.54, 1.807) is 0 Å². The van der Waals surface area contributed by atoms with E-state index in [9.17, 15) is 32.5 Å². The highest BCUT2D eigenvalue weighted by Crippen LogP contribution is 2.37. The van der Waals surface area contributed by atoms with E-state index in [-0.39, 0.29) is 30.9 Å². The molecule has 0 aliphatic rings. The fourth-order valence-electron chi connectivity index (χ4n) is 3.56. The van der Waals surface area contributed by atoms with E-state index in [2.05, 4.69) is 19.9 Å². The second-order valence-corrected chi connectivity index (χ2v) is 11.7. The molecule has 0 spiro atoms. The van der Waals surface area contributed by atoms with E-state index >= 15 is 0 Å². The summed E-state index contributed by atoms with van der Waals surface area (Å²) in [5, 5.41) is 14.5. The summed E-state index contributed by atoms with van der Waals surface area (Å²) >= 11 is 0. The summed E-state index contributed by atoms with van der Waals surface area (Å²) in [6, 6.07) is 12.0. The van der Waals surface area contributed by atoms with Crippen LogP contribution in [0.2, 0.25) is 0 Å². The zero-order valence-electron chi connectivity index (χ0n) is 21.1. The van der Waals surface area contributed by atoms with Gasteiger partial charge in [0, 0.05) is 13.0 Å². The van der Waals surface area contributed by atoms with Crippen molar-refractivity contribution in [2.75, 3.05) is 12.8 Å². The van der Waals surface area contributed by atoms with Gasteiger partial charge in [0.25, 0.3) is 0 Å². The molecule has 0 saturated heterocycles. The normalized spacial score (nSPS) is 13.2. The fraction of sp³-hybridized carbons (Fsp3) is 0.375. The van der Waals surface area contributed by atoms with Crippen LogP contribution in [0, 0.1) is 0 Å². The Morgan fingerprint density at radius 2 is 1.62 bits per heavy atom. The number of amides is 2. The number of nitrogens with one attached hydrogen (secondary N) is 3. The van der Waals surface area contributed by atoms with Crippen LogP contribution in [0.15, 0.2) is 54.6 Å². The van der Waals surface area contributed by atoms with Crippen LogP contribution in [-0.4, -0.2) is 66.0 Å². The maximum Gasteiger partial charge on any atom is 0.524 e. The molecule has 0 heterocycles. The molecule has 0 aliphatic heterocycles. The van der Waals surface area contributed by atoms with Crippen LogP contribution in [0.25, 0.3) is 0 Å². The molecule has 2 amide bonds. The SMILES string of the molecule is CS(=O)(=O)NC(Cc1ccc(OP(=O)(O)O)cc1)C(=O)NC(CCC(=O)NCCCc1ccccc1)C(=O)O. The van der Waals surface area contributed by atoms with Gasteiger partial charge < -0.3 is 20.3 Å². The fourth-order valence-corrected chi connectivity index (χ4v) is 4.67. The third kappa shape index (κ3) is 13.4. The Morgan fingerprint density at radius 3 is 2.18 bits per heavy atom. The smallest absolute Gasteiger partial charge is 0.480 e. The lowest BCUT2D eigenvalue weighted by Crippen LogP contribution is -2.52. The Bertz CT molecular complexity index is 1270. The Kier molecular flexibility index (Phi) is 12.1. The maximum absolute atomic E-state index is 12.9. The first-order chi connectivity index (χ1) is 18.2. The second-order valence-electron chi connectivity index (χ2n) is 8.75. The van der Waals surface area contributed by atoms with Crippen molar-refractivity contribution in [2.45, 2.75) is 44.2 Å². The van der Waals surface area contributed by atoms with Gasteiger partial charge in [-0.1, -0.05) is 42.5 Å². The summed E-state index contributed by atoms with van der Waals surface area (Å²) in [6.07, 6.45) is 1.70. The minimum Gasteiger partial charge on any atom is -0.480 e. The molecule has 15 heteroatoms. The van der Waals surface area contributed by atoms with Gasteiger partial charge in [-0.25, -0.2) is 22.5 Å². The monoisotopic (exact) mass is 585 g/mol. The van der Waals surface area contributed by atoms with Crippen LogP contribution in [0.3, 0.4) is 0 Å². The molecular weight excluding hydrogens is 553 g/mol. The topological polar surface area (TPSA) is 208 Å². The molecule has 2 unspecified atom stereocenters. The average Bonchev–Trinajstić information content (AvgIpc) is 2.83. The van der Waals surface area contributed by atoms with Crippen LogP contribution >= 0.6 is 7.82 Å². The molecule has 13 nitrogen and oxygen atoms in total. The summed E-state index contributed by atoms with van der Waals surface area (Å²) in [4.78, 5) is 54.5. The molecule has 2 aromatic carbocycles. The number of carboxylic acids is 1. The Labute approximate surface area is 226 Å². The number of phosphoric acid groups is 1. The zero-order valence-corrected chi connectivity index (χ0v) is 22.9. The minimum absolute atomic E-state index is 0.145. The van der Waals surface area contributed by atoms with Gasteiger partial charge in [-0.05, 0) is 48.9 Å². The highest BCUT2D eigenvalue weighted by Gasteiger charge is 2.28. The van der Waals surface area contributed by atoms with E-state index < -0.39 is 41.8 Å². The van der Waals surface area contributed by atoms with E-state index in [0.717, 1.165) is 18.2 Å². The number of aliphatic carboxylic acids is 1. The van der Waals surface area contributed by atoms with Crippen molar-refractivity contribution in [1.82, 2.24) is 15.4 Å². The van der Waals surface area contributed by atoms with Gasteiger partial charge in [0.2, 0.25) is 21.8 Å². The van der Waals surface area contributed by atoms with E-state index in [1.165, 1.54) is 24.3 Å². The van der Waals surface area contributed by atoms with Gasteiger partial charge in [-0.15, -0.1) is 0 Å². The molecule has 0 aliphatic carbocycles. The number of sulfonamides is 1. The van der Waals surface area contributed by atoms with Gasteiger partial charge in [0.15, 0.2) is 0 Å². The molecule has 0 bridgehead atoms. The molecule has 0 aromatic heterocycles. The average molecular weight is 586 g/mol. The number of benzene rings is 2. The maximum atomic E-state index is 12.9. The van der Waals surface area contributed by atoms with Crippen LogP contribution in [0.4, 0.5) is 0 Å². The minimum atomic E-state index is -4.77. The largest absolute Gasteiger partial charge is 0.524 e. The number of carboxylic acid groups (broad SMARTS) is 1. The molecule has 0 fully saturated rings. The second kappa shape index (κ2) is 14.8. The molecule has 0 saturated carbocycles. The van der Waals surface area contributed by atoms with Crippen molar-refractivity contribution in [3.63, 3.8) is 0 Å². The third-order valence-corrected chi connectivity index (χ3v) is 6.50. The number of carbonyl (C=O) groups is 3. The summed E-state index contributed by atoms with van der Waals surface area (Å²) in [6.45, 7) is 0.399. The Hall–Kier alpha value is -3.29. The highest BCUT2D eigenvalue weighted by atomic mass is 32.2. The third-order valence-electron chi connectivity index (χ3n) is 5.34. The van der Waals surface area contributed by atoms with E-state index in [0.29, 0.717) is 18.5 Å². The summed E-state index contributed by atoms with van der Waals surface area (Å²) in [7, 11) is -8.66. The number of aryl methyl sites for hydroxylation is 1. The van der Waals surface area contributed by atoms with Gasteiger partial charge in [0.1, 0.15) is 17.8 Å². The lowest BCUT2D eigenvalue weighted by atomic mass is 10.0. The first-order valence-corrected chi connectivity index (χ1v) is 15.3. The molecule has 2 rings (SSSR count). The van der Waals surface area contributed by atoms with Crippen molar-refractivity contribution in [3.05, 3.63) is 65.7 Å². The van der Waals surface area contributed by atoms with Crippen molar-refractivity contribution in [3.8, 4) is 5.75 Å². The van der Waals surface area contributed by atoms with Crippen LogP contribution < -0.4 is 19.9 Å². The molecule has 2 aromatic rings. The molecule has 2 atom stereocenters. The highest BCUT2D eigenvalue weighted by molar-refractivity contribution is 7.88. The van der Waals surface area contributed by atoms with Gasteiger partial charge in [-0.3, -0.25) is 19.4 Å². The van der Waals surface area contributed by atoms with Crippen molar-refractivity contribution in [2.24, 2.45) is 0 Å². The van der Waals surface area contributed by atoms with Gasteiger partial charge >= 0.3 is 13.8 Å². The predicted octanol–water partition coefficient (Wildman–Crippen LogP) is 0.717. The van der Waals surface area contributed by atoms with Crippen LogP contribution in [0.1, 0.15) is 30.4 Å². The number of hydrogen-bond acceptors (Lipinski definition) is 7. The summed E-state index contributed by atoms with van der Waals surface area (Å²) in [5.74, 6) is -2.84. The number of carbonyl (C=O) groups excluding carboxylic acids is 2.